The lowest BCUT2D eigenvalue weighted by Gasteiger charge is -2.36. The molecule has 1 aliphatic heterocycles. The van der Waals surface area contributed by atoms with Crippen LogP contribution < -0.4 is 4.90 Å². The lowest BCUT2D eigenvalue weighted by atomic mass is 10.3. The summed E-state index contributed by atoms with van der Waals surface area (Å²) in [6.45, 7) is 2.99. The number of aromatic nitrogens is 1. The van der Waals surface area contributed by atoms with Crippen molar-refractivity contribution in [3.63, 3.8) is 0 Å². The maximum Gasteiger partial charge on any atom is 0.304 e. The van der Waals surface area contributed by atoms with Crippen molar-refractivity contribution in [1.29, 1.82) is 0 Å². The third-order valence-corrected chi connectivity index (χ3v) is 4.32. The van der Waals surface area contributed by atoms with Gasteiger partial charge >= 0.3 is 5.97 Å². The second-order valence-corrected chi connectivity index (χ2v) is 6.55. The van der Waals surface area contributed by atoms with E-state index in [9.17, 15) is 9.59 Å². The molecule has 0 aliphatic carbocycles. The molecule has 1 fully saturated rings. The Balaban J connectivity index is 1.83. The molecule has 0 unspecified atom stereocenters. The van der Waals surface area contributed by atoms with Crippen molar-refractivity contribution in [3.8, 4) is 0 Å². The number of carboxylic acid groups (broad SMARTS) is 1. The second kappa shape index (κ2) is 8.50. The average molecular weight is 375 g/mol. The van der Waals surface area contributed by atoms with Crippen molar-refractivity contribution in [3.05, 3.63) is 22.3 Å². The van der Waals surface area contributed by atoms with Crippen LogP contribution in [0.2, 0.25) is 10.0 Å². The largest absolute Gasteiger partial charge is 0.481 e. The van der Waals surface area contributed by atoms with Crippen LogP contribution in [0.25, 0.3) is 0 Å². The predicted molar refractivity (Wildman–Crippen MR) is 92.8 cm³/mol. The van der Waals surface area contributed by atoms with Gasteiger partial charge < -0.3 is 14.9 Å². The maximum atomic E-state index is 12.3. The first-order valence-corrected chi connectivity index (χ1v) is 8.36. The van der Waals surface area contributed by atoms with E-state index in [1.165, 1.54) is 0 Å². The molecule has 1 amide bonds. The predicted octanol–water partition coefficient (Wildman–Crippen LogP) is 1.44. The van der Waals surface area contributed by atoms with Crippen LogP contribution in [0, 0.1) is 0 Å². The van der Waals surface area contributed by atoms with Crippen LogP contribution >= 0.6 is 23.2 Å². The summed E-state index contributed by atoms with van der Waals surface area (Å²) < 4.78 is 0. The number of halogens is 2. The monoisotopic (exact) mass is 374 g/mol. The molecule has 0 radical (unpaired) electrons. The number of rotatable bonds is 6. The number of carbonyl (C=O) groups is 2. The molecule has 24 heavy (non-hydrogen) atoms. The number of nitrogens with zero attached hydrogens (tertiary/aromatic N) is 4. The topological polar surface area (TPSA) is 77.0 Å². The van der Waals surface area contributed by atoms with Crippen LogP contribution in [-0.2, 0) is 9.59 Å². The Morgan fingerprint density at radius 1 is 1.29 bits per heavy atom. The van der Waals surface area contributed by atoms with Crippen molar-refractivity contribution in [2.75, 3.05) is 51.2 Å². The summed E-state index contributed by atoms with van der Waals surface area (Å²) in [6.07, 6.45) is 1.58. The average Bonchev–Trinajstić information content (AvgIpc) is 2.53. The molecule has 1 N–H and O–H groups in total. The fourth-order valence-corrected chi connectivity index (χ4v) is 3.00. The summed E-state index contributed by atoms with van der Waals surface area (Å²) in [7, 11) is 1.74. The third kappa shape index (κ3) is 5.22. The molecule has 0 aromatic carbocycles. The van der Waals surface area contributed by atoms with Crippen LogP contribution in [0.3, 0.4) is 0 Å². The zero-order valence-electron chi connectivity index (χ0n) is 13.4. The van der Waals surface area contributed by atoms with Crippen LogP contribution in [0.1, 0.15) is 6.42 Å². The smallest absolute Gasteiger partial charge is 0.304 e. The van der Waals surface area contributed by atoms with E-state index in [0.29, 0.717) is 48.6 Å². The van der Waals surface area contributed by atoms with E-state index in [1.807, 2.05) is 4.90 Å². The number of carboxylic acids is 1. The zero-order chi connectivity index (χ0) is 17.7. The Kier molecular flexibility index (Phi) is 6.65. The number of hydrogen-bond acceptors (Lipinski definition) is 5. The van der Waals surface area contributed by atoms with Crippen molar-refractivity contribution >= 4 is 40.9 Å². The minimum Gasteiger partial charge on any atom is -0.481 e. The number of piperazine rings is 1. The molecule has 1 saturated heterocycles. The van der Waals surface area contributed by atoms with Gasteiger partial charge in [0.1, 0.15) is 5.82 Å². The molecule has 2 rings (SSSR count). The lowest BCUT2D eigenvalue weighted by molar-refractivity contribution is -0.138. The van der Waals surface area contributed by atoms with Crippen molar-refractivity contribution in [2.45, 2.75) is 6.42 Å². The molecule has 0 spiro atoms. The van der Waals surface area contributed by atoms with Gasteiger partial charge in [0.05, 0.1) is 23.0 Å². The summed E-state index contributed by atoms with van der Waals surface area (Å²) >= 11 is 12.0. The number of hydrogen-bond donors (Lipinski definition) is 1. The lowest BCUT2D eigenvalue weighted by Crippen LogP contribution is -2.51. The maximum absolute atomic E-state index is 12.3. The highest BCUT2D eigenvalue weighted by molar-refractivity contribution is 6.36. The number of amides is 1. The Labute approximate surface area is 150 Å². The number of anilines is 1. The van der Waals surface area contributed by atoms with Gasteiger partial charge in [0.15, 0.2) is 0 Å². The van der Waals surface area contributed by atoms with Crippen LogP contribution in [0.5, 0.6) is 0 Å². The minimum absolute atomic E-state index is 0.00213. The van der Waals surface area contributed by atoms with E-state index in [4.69, 9.17) is 28.3 Å². The highest BCUT2D eigenvalue weighted by Gasteiger charge is 2.23. The first kappa shape index (κ1) is 18.8. The number of carbonyl (C=O) groups excluding carboxylic acids is 1. The van der Waals surface area contributed by atoms with E-state index < -0.39 is 5.97 Å². The van der Waals surface area contributed by atoms with Crippen molar-refractivity contribution < 1.29 is 14.7 Å². The van der Waals surface area contributed by atoms with E-state index in [-0.39, 0.29) is 18.9 Å². The molecule has 0 atom stereocenters. The Morgan fingerprint density at radius 3 is 2.54 bits per heavy atom. The van der Waals surface area contributed by atoms with E-state index in [1.54, 1.807) is 29.1 Å². The Bertz CT molecular complexity index is 606. The molecule has 7 nitrogen and oxygen atoms in total. The van der Waals surface area contributed by atoms with Gasteiger partial charge in [-0.1, -0.05) is 23.2 Å². The van der Waals surface area contributed by atoms with Gasteiger partial charge in [0.2, 0.25) is 5.91 Å². The molecule has 0 saturated carbocycles. The second-order valence-electron chi connectivity index (χ2n) is 5.71. The molecule has 0 bridgehead atoms. The number of aliphatic carboxylic acids is 1. The molecule has 2 heterocycles. The summed E-state index contributed by atoms with van der Waals surface area (Å²) in [5.74, 6) is -0.195. The first-order chi connectivity index (χ1) is 11.4. The summed E-state index contributed by atoms with van der Waals surface area (Å²) in [6, 6.07) is 1.65. The van der Waals surface area contributed by atoms with E-state index >= 15 is 0 Å². The van der Waals surface area contributed by atoms with Gasteiger partial charge in [-0.2, -0.15) is 0 Å². The molecule has 1 aromatic rings. The Hall–Kier alpha value is -1.57. The zero-order valence-corrected chi connectivity index (χ0v) is 14.9. The minimum atomic E-state index is -0.866. The third-order valence-electron chi connectivity index (χ3n) is 3.83. The molecule has 1 aliphatic rings. The molecular weight excluding hydrogens is 355 g/mol. The molecule has 9 heteroatoms. The quantitative estimate of drug-likeness (QED) is 0.811. The van der Waals surface area contributed by atoms with Crippen molar-refractivity contribution in [1.82, 2.24) is 14.8 Å². The summed E-state index contributed by atoms with van der Waals surface area (Å²) in [5, 5.41) is 9.65. The number of likely N-dealkylation sites (N-methyl/N-ethyl adjacent to an activating group) is 1. The van der Waals surface area contributed by atoms with Gasteiger partial charge in [0.25, 0.3) is 0 Å². The van der Waals surface area contributed by atoms with E-state index in [2.05, 4.69) is 4.98 Å². The van der Waals surface area contributed by atoms with Crippen LogP contribution in [-0.4, -0.2) is 78.1 Å². The standard InChI is InChI=1S/C15H20Cl2N4O3/c1-19(3-2-14(23)24)10-13(22)20-4-6-21(7-5-20)15-12(17)8-11(16)9-18-15/h8-9H,2-7,10H2,1H3,(H,23,24). The Morgan fingerprint density at radius 2 is 1.96 bits per heavy atom. The van der Waals surface area contributed by atoms with Gasteiger partial charge in [-0.15, -0.1) is 0 Å². The van der Waals surface area contributed by atoms with Crippen molar-refractivity contribution in [2.24, 2.45) is 0 Å². The van der Waals surface area contributed by atoms with Crippen LogP contribution in [0.15, 0.2) is 12.3 Å². The fraction of sp³-hybridized carbons (Fsp3) is 0.533. The highest BCUT2D eigenvalue weighted by atomic mass is 35.5. The number of pyridine rings is 1. The van der Waals surface area contributed by atoms with Gasteiger partial charge in [-0.25, -0.2) is 4.98 Å². The molecule has 1 aromatic heterocycles. The summed E-state index contributed by atoms with van der Waals surface area (Å²) in [4.78, 5) is 32.6. The van der Waals surface area contributed by atoms with E-state index in [0.717, 1.165) is 0 Å². The molecular formula is C15H20Cl2N4O3. The van der Waals surface area contributed by atoms with Crippen LogP contribution in [0.4, 0.5) is 5.82 Å². The van der Waals surface area contributed by atoms with Gasteiger partial charge in [0, 0.05) is 38.9 Å². The SMILES string of the molecule is CN(CCC(=O)O)CC(=O)N1CCN(c2ncc(Cl)cc2Cl)CC1. The fourth-order valence-electron chi connectivity index (χ4n) is 2.50. The summed E-state index contributed by atoms with van der Waals surface area (Å²) in [5.41, 5.74) is 0. The molecule has 132 valence electrons. The van der Waals surface area contributed by atoms with Gasteiger partial charge in [-0.3, -0.25) is 14.5 Å². The van der Waals surface area contributed by atoms with Gasteiger partial charge in [-0.05, 0) is 13.1 Å². The highest BCUT2D eigenvalue weighted by Crippen LogP contribution is 2.26. The first-order valence-electron chi connectivity index (χ1n) is 7.61. The normalized spacial score (nSPS) is 15.0.